The van der Waals surface area contributed by atoms with Crippen LogP contribution in [0.1, 0.15) is 18.9 Å². The van der Waals surface area contributed by atoms with Crippen LogP contribution in [0, 0.1) is 0 Å². The van der Waals surface area contributed by atoms with E-state index in [1.165, 1.54) is 6.20 Å². The Hall–Kier alpha value is -1.93. The molecule has 0 spiro atoms. The maximum atomic E-state index is 12.2. The maximum Gasteiger partial charge on any atom is 0.245 e. The molecule has 0 aliphatic carbocycles. The number of nitrogens with two attached hydrogens (primary N) is 1. The van der Waals surface area contributed by atoms with Crippen LogP contribution in [0.2, 0.25) is 0 Å². The Morgan fingerprint density at radius 3 is 2.71 bits per heavy atom. The molecule has 8 heteroatoms. The second kappa shape index (κ2) is 6.68. The molecule has 3 N–H and O–H groups in total. The smallest absolute Gasteiger partial charge is 0.245 e. The molecule has 2 rings (SSSR count). The number of sulfonamides is 1. The first kappa shape index (κ1) is 15.5. The molecule has 2 aromatic heterocycles. The number of nitrogens with one attached hydrogen (secondary N) is 1. The van der Waals surface area contributed by atoms with Gasteiger partial charge in [-0.1, -0.05) is 6.92 Å². The van der Waals surface area contributed by atoms with Gasteiger partial charge in [-0.3, -0.25) is 9.67 Å². The van der Waals surface area contributed by atoms with Gasteiger partial charge in [0.1, 0.15) is 4.90 Å². The Balaban J connectivity index is 2.01. The lowest BCUT2D eigenvalue weighted by atomic mass is 10.2. The summed E-state index contributed by atoms with van der Waals surface area (Å²) in [6, 6.07) is 3.70. The minimum absolute atomic E-state index is 0.0276. The maximum absolute atomic E-state index is 12.2. The lowest BCUT2D eigenvalue weighted by molar-refractivity contribution is 0.579. The van der Waals surface area contributed by atoms with Crippen LogP contribution in [0.3, 0.4) is 0 Å². The van der Waals surface area contributed by atoms with Crippen molar-refractivity contribution in [3.8, 4) is 0 Å². The lowest BCUT2D eigenvalue weighted by Crippen LogP contribution is -2.26. The molecule has 114 valence electrons. The second-order valence-corrected chi connectivity index (χ2v) is 6.38. The van der Waals surface area contributed by atoms with Gasteiger partial charge >= 0.3 is 0 Å². The van der Waals surface area contributed by atoms with Crippen molar-refractivity contribution in [2.24, 2.45) is 0 Å². The third-order valence-electron chi connectivity index (χ3n) is 2.95. The minimum Gasteiger partial charge on any atom is -0.381 e. The lowest BCUT2D eigenvalue weighted by Gasteiger charge is -2.05. The molecule has 0 aromatic carbocycles. The van der Waals surface area contributed by atoms with E-state index < -0.39 is 10.0 Å². The molecule has 2 aromatic rings. The fourth-order valence-electron chi connectivity index (χ4n) is 1.93. The molecule has 0 aliphatic rings. The van der Waals surface area contributed by atoms with E-state index >= 15 is 0 Å². The quantitative estimate of drug-likeness (QED) is 0.787. The molecule has 0 saturated carbocycles. The number of rotatable bonds is 7. The predicted octanol–water partition coefficient (Wildman–Crippen LogP) is 0.791. The first-order valence-corrected chi connectivity index (χ1v) is 8.22. The van der Waals surface area contributed by atoms with Gasteiger partial charge in [0.15, 0.2) is 5.82 Å². The van der Waals surface area contributed by atoms with Crippen LogP contribution in [0.25, 0.3) is 0 Å². The Bertz CT molecular complexity index is 682. The van der Waals surface area contributed by atoms with E-state index in [9.17, 15) is 8.42 Å². The van der Waals surface area contributed by atoms with Crippen molar-refractivity contribution < 1.29 is 8.42 Å². The standard InChI is InChI=1S/C13H19N5O2S/c1-2-9-18-10-12(13(14)17-18)21(19,20)16-8-5-11-3-6-15-7-4-11/h3-4,6-7,10,16H,2,5,8-9H2,1H3,(H2,14,17). The molecule has 0 unspecified atom stereocenters. The summed E-state index contributed by atoms with van der Waals surface area (Å²) in [4.78, 5) is 3.95. The molecular weight excluding hydrogens is 290 g/mol. The zero-order chi connectivity index (χ0) is 15.3. The van der Waals surface area contributed by atoms with Crippen molar-refractivity contribution in [1.82, 2.24) is 19.5 Å². The van der Waals surface area contributed by atoms with E-state index in [0.717, 1.165) is 12.0 Å². The van der Waals surface area contributed by atoms with Crippen LogP contribution < -0.4 is 10.5 Å². The van der Waals surface area contributed by atoms with Crippen molar-refractivity contribution in [3.63, 3.8) is 0 Å². The first-order chi connectivity index (χ1) is 10.0. The fourth-order valence-corrected chi connectivity index (χ4v) is 3.03. The molecule has 0 atom stereocenters. The Labute approximate surface area is 124 Å². The van der Waals surface area contributed by atoms with Crippen LogP contribution in [0.15, 0.2) is 35.6 Å². The molecule has 0 amide bonds. The van der Waals surface area contributed by atoms with Crippen molar-refractivity contribution in [2.45, 2.75) is 31.2 Å². The number of pyridine rings is 1. The largest absolute Gasteiger partial charge is 0.381 e. The van der Waals surface area contributed by atoms with Crippen LogP contribution in [0.5, 0.6) is 0 Å². The van der Waals surface area contributed by atoms with Gasteiger partial charge in [-0.05, 0) is 30.5 Å². The molecule has 0 saturated heterocycles. The Morgan fingerprint density at radius 1 is 1.33 bits per heavy atom. The number of hydrogen-bond acceptors (Lipinski definition) is 5. The van der Waals surface area contributed by atoms with E-state index in [1.54, 1.807) is 17.1 Å². The van der Waals surface area contributed by atoms with Gasteiger partial charge < -0.3 is 5.73 Å². The van der Waals surface area contributed by atoms with Crippen LogP contribution in [-0.4, -0.2) is 29.7 Å². The molecule has 0 aliphatic heterocycles. The van der Waals surface area contributed by atoms with Gasteiger partial charge in [0.2, 0.25) is 10.0 Å². The monoisotopic (exact) mass is 309 g/mol. The molecule has 0 radical (unpaired) electrons. The number of aromatic nitrogens is 3. The summed E-state index contributed by atoms with van der Waals surface area (Å²) in [6.45, 7) is 2.92. The highest BCUT2D eigenvalue weighted by Gasteiger charge is 2.20. The van der Waals surface area contributed by atoms with E-state index in [4.69, 9.17) is 5.73 Å². The van der Waals surface area contributed by atoms with Gasteiger partial charge in [-0.15, -0.1) is 0 Å². The highest BCUT2D eigenvalue weighted by molar-refractivity contribution is 7.89. The van der Waals surface area contributed by atoms with E-state index in [-0.39, 0.29) is 10.7 Å². The summed E-state index contributed by atoms with van der Waals surface area (Å²) >= 11 is 0. The van der Waals surface area contributed by atoms with Crippen LogP contribution >= 0.6 is 0 Å². The molecule has 21 heavy (non-hydrogen) atoms. The average molecular weight is 309 g/mol. The molecule has 0 fully saturated rings. The van der Waals surface area contributed by atoms with Crippen molar-refractivity contribution in [3.05, 3.63) is 36.3 Å². The Kier molecular flexibility index (Phi) is 4.92. The van der Waals surface area contributed by atoms with Crippen molar-refractivity contribution in [1.29, 1.82) is 0 Å². The minimum atomic E-state index is -3.63. The third-order valence-corrected chi connectivity index (χ3v) is 4.43. The average Bonchev–Trinajstić information content (AvgIpc) is 2.82. The van der Waals surface area contributed by atoms with E-state index in [1.807, 2.05) is 19.1 Å². The summed E-state index contributed by atoms with van der Waals surface area (Å²) < 4.78 is 28.5. The van der Waals surface area contributed by atoms with Gasteiger partial charge in [0, 0.05) is 31.7 Å². The summed E-state index contributed by atoms with van der Waals surface area (Å²) in [5.41, 5.74) is 6.70. The Morgan fingerprint density at radius 2 is 2.05 bits per heavy atom. The SMILES string of the molecule is CCCn1cc(S(=O)(=O)NCCc2ccncc2)c(N)n1. The molecule has 7 nitrogen and oxygen atoms in total. The number of anilines is 1. The summed E-state index contributed by atoms with van der Waals surface area (Å²) in [6.07, 6.45) is 6.27. The van der Waals surface area contributed by atoms with Crippen molar-refractivity contribution >= 4 is 15.8 Å². The number of nitrogens with zero attached hydrogens (tertiary/aromatic N) is 3. The number of aryl methyl sites for hydroxylation is 1. The molecule has 0 bridgehead atoms. The van der Waals surface area contributed by atoms with E-state index in [2.05, 4.69) is 14.8 Å². The summed E-state index contributed by atoms with van der Waals surface area (Å²) in [5, 5.41) is 4.00. The van der Waals surface area contributed by atoms with Gasteiger partial charge in [0.05, 0.1) is 0 Å². The zero-order valence-corrected chi connectivity index (χ0v) is 12.7. The summed E-state index contributed by atoms with van der Waals surface area (Å²) in [7, 11) is -3.63. The highest BCUT2D eigenvalue weighted by Crippen LogP contribution is 2.16. The first-order valence-electron chi connectivity index (χ1n) is 6.74. The highest BCUT2D eigenvalue weighted by atomic mass is 32.2. The predicted molar refractivity (Wildman–Crippen MR) is 80.1 cm³/mol. The third kappa shape index (κ3) is 4.02. The fraction of sp³-hybridized carbons (Fsp3) is 0.385. The summed E-state index contributed by atoms with van der Waals surface area (Å²) in [5.74, 6) is 0.0276. The zero-order valence-electron chi connectivity index (χ0n) is 11.9. The van der Waals surface area contributed by atoms with Crippen LogP contribution in [-0.2, 0) is 23.0 Å². The molecule has 2 heterocycles. The molecular formula is C13H19N5O2S. The van der Waals surface area contributed by atoms with Crippen molar-refractivity contribution in [2.75, 3.05) is 12.3 Å². The van der Waals surface area contributed by atoms with E-state index in [0.29, 0.717) is 19.5 Å². The number of nitrogen functional groups attached to an aromatic ring is 1. The normalized spacial score (nSPS) is 11.7. The van der Waals surface area contributed by atoms with Gasteiger partial charge in [0.25, 0.3) is 0 Å². The van der Waals surface area contributed by atoms with Crippen LogP contribution in [0.4, 0.5) is 5.82 Å². The second-order valence-electron chi connectivity index (χ2n) is 4.64. The van der Waals surface area contributed by atoms with Gasteiger partial charge in [-0.2, -0.15) is 5.10 Å². The number of hydrogen-bond donors (Lipinski definition) is 2. The van der Waals surface area contributed by atoms with Gasteiger partial charge in [-0.25, -0.2) is 13.1 Å². The topological polar surface area (TPSA) is 103 Å².